The number of hydrogen-bond donors (Lipinski definition) is 1. The Labute approximate surface area is 131 Å². The van der Waals surface area contributed by atoms with Crippen molar-refractivity contribution in [1.82, 2.24) is 10.2 Å². The van der Waals surface area contributed by atoms with Crippen molar-refractivity contribution in [3.05, 3.63) is 35.4 Å². The molecule has 0 aliphatic carbocycles. The molecule has 0 aliphatic heterocycles. The maximum Gasteiger partial charge on any atom is 0.0449 e. The molecule has 1 N–H and O–H groups in total. The highest BCUT2D eigenvalue weighted by atomic mass is 15.1. The van der Waals surface area contributed by atoms with Crippen LogP contribution in [0.1, 0.15) is 57.7 Å². The van der Waals surface area contributed by atoms with Crippen molar-refractivity contribution in [2.24, 2.45) is 5.92 Å². The van der Waals surface area contributed by atoms with Gasteiger partial charge in [0.15, 0.2) is 0 Å². The molecule has 21 heavy (non-hydrogen) atoms. The van der Waals surface area contributed by atoms with Crippen LogP contribution in [-0.4, -0.2) is 31.1 Å². The lowest BCUT2D eigenvalue weighted by molar-refractivity contribution is 0.211. The van der Waals surface area contributed by atoms with Gasteiger partial charge in [0.2, 0.25) is 0 Å². The van der Waals surface area contributed by atoms with Gasteiger partial charge in [0.25, 0.3) is 0 Å². The van der Waals surface area contributed by atoms with E-state index in [-0.39, 0.29) is 0 Å². The van der Waals surface area contributed by atoms with Crippen LogP contribution in [0.15, 0.2) is 24.3 Å². The molecule has 0 heterocycles. The molecule has 1 atom stereocenters. The molecule has 2 nitrogen and oxygen atoms in total. The third-order valence-corrected chi connectivity index (χ3v) is 4.49. The molecular formula is C19H34N2. The predicted octanol–water partition coefficient (Wildman–Crippen LogP) is 4.40. The van der Waals surface area contributed by atoms with E-state index in [2.05, 4.69) is 69.1 Å². The fraction of sp³-hybridized carbons (Fsp3) is 0.684. The Hall–Kier alpha value is -0.860. The number of benzene rings is 1. The molecule has 1 unspecified atom stereocenters. The van der Waals surface area contributed by atoms with Gasteiger partial charge in [0.1, 0.15) is 0 Å². The molecule has 0 radical (unpaired) electrons. The summed E-state index contributed by atoms with van der Waals surface area (Å²) in [6.45, 7) is 15.7. The second-order valence-corrected chi connectivity index (χ2v) is 6.06. The average Bonchev–Trinajstić information content (AvgIpc) is 2.51. The van der Waals surface area contributed by atoms with Crippen molar-refractivity contribution in [2.75, 3.05) is 26.2 Å². The number of aryl methyl sites for hydroxylation is 1. The summed E-state index contributed by atoms with van der Waals surface area (Å²) in [6.07, 6.45) is 2.56. The van der Waals surface area contributed by atoms with E-state index in [1.807, 2.05) is 0 Å². The summed E-state index contributed by atoms with van der Waals surface area (Å²) in [5.74, 6) is 0.824. The topological polar surface area (TPSA) is 15.3 Å². The first-order chi connectivity index (χ1) is 10.1. The number of rotatable bonds is 10. The fourth-order valence-electron chi connectivity index (χ4n) is 2.84. The van der Waals surface area contributed by atoms with Gasteiger partial charge in [-0.05, 0) is 31.5 Å². The molecule has 0 saturated carbocycles. The second-order valence-electron chi connectivity index (χ2n) is 6.06. The predicted molar refractivity (Wildman–Crippen MR) is 93.8 cm³/mol. The van der Waals surface area contributed by atoms with Gasteiger partial charge in [0, 0.05) is 19.1 Å². The van der Waals surface area contributed by atoms with Crippen LogP contribution >= 0.6 is 0 Å². The lowest BCUT2D eigenvalue weighted by atomic mass is 10.0. The first kappa shape index (κ1) is 18.2. The van der Waals surface area contributed by atoms with Crippen molar-refractivity contribution < 1.29 is 0 Å². The smallest absolute Gasteiger partial charge is 0.0449 e. The van der Waals surface area contributed by atoms with E-state index in [9.17, 15) is 0 Å². The van der Waals surface area contributed by atoms with Crippen molar-refractivity contribution in [3.63, 3.8) is 0 Å². The minimum absolute atomic E-state index is 0.435. The molecule has 0 fully saturated rings. The number of nitrogens with zero attached hydrogens (tertiary/aromatic N) is 1. The van der Waals surface area contributed by atoms with Crippen molar-refractivity contribution in [2.45, 2.75) is 53.5 Å². The monoisotopic (exact) mass is 290 g/mol. The molecule has 0 aromatic heterocycles. The van der Waals surface area contributed by atoms with Gasteiger partial charge in [0.05, 0.1) is 0 Å². The standard InChI is InChI=1S/C19H34N2/c1-6-17(7-2)14-21(9-4)15-19(20-8-3)18-12-10-16(5)11-13-18/h10-13,17,19-20H,6-9,14-15H2,1-5H3. The van der Waals surface area contributed by atoms with Crippen LogP contribution in [0, 0.1) is 12.8 Å². The average molecular weight is 290 g/mol. The molecule has 0 amide bonds. The molecule has 1 rings (SSSR count). The minimum Gasteiger partial charge on any atom is -0.309 e. The number of hydrogen-bond acceptors (Lipinski definition) is 2. The normalized spacial score (nSPS) is 13.1. The summed E-state index contributed by atoms with van der Waals surface area (Å²) in [4.78, 5) is 2.60. The summed E-state index contributed by atoms with van der Waals surface area (Å²) >= 11 is 0. The van der Waals surface area contributed by atoms with Crippen LogP contribution in [0.2, 0.25) is 0 Å². The van der Waals surface area contributed by atoms with E-state index in [1.54, 1.807) is 0 Å². The van der Waals surface area contributed by atoms with E-state index in [1.165, 1.54) is 30.5 Å². The molecule has 0 saturated heterocycles. The van der Waals surface area contributed by atoms with Gasteiger partial charge in [-0.1, -0.05) is 70.4 Å². The zero-order valence-electron chi connectivity index (χ0n) is 14.7. The van der Waals surface area contributed by atoms with Gasteiger partial charge in [-0.2, -0.15) is 0 Å². The SMILES string of the molecule is CCNC(CN(CC)CC(CC)CC)c1ccc(C)cc1. The van der Waals surface area contributed by atoms with Crippen LogP contribution in [0.4, 0.5) is 0 Å². The van der Waals surface area contributed by atoms with Crippen LogP contribution in [0.25, 0.3) is 0 Å². The Bertz CT molecular complexity index is 368. The van der Waals surface area contributed by atoms with E-state index >= 15 is 0 Å². The van der Waals surface area contributed by atoms with Crippen molar-refractivity contribution in [3.8, 4) is 0 Å². The second kappa shape index (κ2) is 9.97. The van der Waals surface area contributed by atoms with Crippen LogP contribution < -0.4 is 5.32 Å². The lowest BCUT2D eigenvalue weighted by Gasteiger charge is -2.30. The third kappa shape index (κ3) is 6.19. The summed E-state index contributed by atoms with van der Waals surface area (Å²) in [5, 5.41) is 3.65. The van der Waals surface area contributed by atoms with Crippen molar-refractivity contribution in [1.29, 1.82) is 0 Å². The molecule has 120 valence electrons. The maximum absolute atomic E-state index is 3.65. The highest BCUT2D eigenvalue weighted by molar-refractivity contribution is 5.24. The Morgan fingerprint density at radius 3 is 2.05 bits per heavy atom. The highest BCUT2D eigenvalue weighted by Crippen LogP contribution is 2.17. The Balaban J connectivity index is 2.73. The minimum atomic E-state index is 0.435. The van der Waals surface area contributed by atoms with Gasteiger partial charge in [-0.25, -0.2) is 0 Å². The summed E-state index contributed by atoms with van der Waals surface area (Å²) in [6, 6.07) is 9.42. The zero-order chi connectivity index (χ0) is 15.7. The summed E-state index contributed by atoms with van der Waals surface area (Å²) in [5.41, 5.74) is 2.74. The van der Waals surface area contributed by atoms with Crippen LogP contribution in [-0.2, 0) is 0 Å². The molecule has 1 aromatic carbocycles. The van der Waals surface area contributed by atoms with E-state index in [0.717, 1.165) is 25.6 Å². The van der Waals surface area contributed by atoms with Gasteiger partial charge < -0.3 is 10.2 Å². The summed E-state index contributed by atoms with van der Waals surface area (Å²) < 4.78 is 0. The molecule has 0 spiro atoms. The lowest BCUT2D eigenvalue weighted by Crippen LogP contribution is -2.37. The maximum atomic E-state index is 3.65. The third-order valence-electron chi connectivity index (χ3n) is 4.49. The van der Waals surface area contributed by atoms with Gasteiger partial charge >= 0.3 is 0 Å². The molecule has 1 aromatic rings. The molecular weight excluding hydrogens is 256 g/mol. The van der Waals surface area contributed by atoms with Crippen molar-refractivity contribution >= 4 is 0 Å². The quantitative estimate of drug-likeness (QED) is 0.687. The molecule has 0 aliphatic rings. The van der Waals surface area contributed by atoms with E-state index < -0.39 is 0 Å². The largest absolute Gasteiger partial charge is 0.309 e. The van der Waals surface area contributed by atoms with Gasteiger partial charge in [-0.15, -0.1) is 0 Å². The fourth-order valence-corrected chi connectivity index (χ4v) is 2.84. The number of nitrogens with one attached hydrogen (secondary N) is 1. The molecule has 2 heteroatoms. The Morgan fingerprint density at radius 2 is 1.57 bits per heavy atom. The Kier molecular flexibility index (Phi) is 8.63. The van der Waals surface area contributed by atoms with E-state index in [0.29, 0.717) is 6.04 Å². The van der Waals surface area contributed by atoms with Gasteiger partial charge in [-0.3, -0.25) is 0 Å². The van der Waals surface area contributed by atoms with Crippen LogP contribution in [0.5, 0.6) is 0 Å². The Morgan fingerprint density at radius 1 is 0.952 bits per heavy atom. The summed E-state index contributed by atoms with van der Waals surface area (Å²) in [7, 11) is 0. The first-order valence-electron chi connectivity index (χ1n) is 8.66. The highest BCUT2D eigenvalue weighted by Gasteiger charge is 2.16. The molecule has 0 bridgehead atoms. The van der Waals surface area contributed by atoms with E-state index in [4.69, 9.17) is 0 Å². The number of likely N-dealkylation sites (N-methyl/N-ethyl adjacent to an activating group) is 2. The zero-order valence-corrected chi connectivity index (χ0v) is 14.7. The van der Waals surface area contributed by atoms with Crippen LogP contribution in [0.3, 0.4) is 0 Å². The first-order valence-corrected chi connectivity index (χ1v) is 8.66.